The third kappa shape index (κ3) is 2.63. The normalized spacial score (nSPS) is 11.3. The molecule has 0 radical (unpaired) electrons. The molecule has 1 heterocycles. The van der Waals surface area contributed by atoms with Crippen LogP contribution >= 0.6 is 0 Å². The lowest BCUT2D eigenvalue weighted by Crippen LogP contribution is -1.82. The number of aryl methyl sites for hydroxylation is 2. The molecule has 0 unspecified atom stereocenters. The molecule has 0 amide bonds. The molecule has 1 aromatic heterocycles. The van der Waals surface area contributed by atoms with Crippen LogP contribution in [0.5, 0.6) is 0 Å². The Kier molecular flexibility index (Phi) is 3.61. The highest BCUT2D eigenvalue weighted by Gasteiger charge is 2.16. The first-order valence-electron chi connectivity index (χ1n) is 9.29. The zero-order valence-corrected chi connectivity index (χ0v) is 15.5. The van der Waals surface area contributed by atoms with Gasteiger partial charge in [0.1, 0.15) is 11.2 Å². The zero-order chi connectivity index (χ0) is 18.4. The van der Waals surface area contributed by atoms with Gasteiger partial charge >= 0.3 is 0 Å². The smallest absolute Gasteiger partial charge is 0.143 e. The van der Waals surface area contributed by atoms with E-state index in [9.17, 15) is 0 Å². The monoisotopic (exact) mass is 348 g/mol. The maximum Gasteiger partial charge on any atom is 0.143 e. The number of fused-ring (bicyclic) bond motifs is 3. The summed E-state index contributed by atoms with van der Waals surface area (Å²) in [4.78, 5) is 0. The van der Waals surface area contributed by atoms with Crippen molar-refractivity contribution in [1.82, 2.24) is 0 Å². The van der Waals surface area contributed by atoms with Crippen molar-refractivity contribution in [1.29, 1.82) is 0 Å². The first kappa shape index (κ1) is 15.9. The molecule has 0 aliphatic carbocycles. The highest BCUT2D eigenvalue weighted by molar-refractivity contribution is 6.13. The summed E-state index contributed by atoms with van der Waals surface area (Å²) in [5.74, 6) is 0. The summed E-state index contributed by atoms with van der Waals surface area (Å²) in [7, 11) is 0. The third-order valence-electron chi connectivity index (χ3n) is 5.19. The Balaban J connectivity index is 1.85. The van der Waals surface area contributed by atoms with E-state index in [-0.39, 0.29) is 0 Å². The average molecular weight is 348 g/mol. The van der Waals surface area contributed by atoms with E-state index in [1.165, 1.54) is 33.0 Å². The SMILES string of the molecule is Cc1ccc(-c2cc(C)cc3c2oc2c(-c4ccccc4)cccc23)cc1. The van der Waals surface area contributed by atoms with Crippen molar-refractivity contribution in [2.75, 3.05) is 0 Å². The van der Waals surface area contributed by atoms with Gasteiger partial charge in [-0.05, 0) is 42.7 Å². The average Bonchev–Trinajstić information content (AvgIpc) is 3.07. The van der Waals surface area contributed by atoms with Gasteiger partial charge in [0.05, 0.1) is 0 Å². The second-order valence-electron chi connectivity index (χ2n) is 7.21. The third-order valence-corrected chi connectivity index (χ3v) is 5.19. The molecular formula is C26H20O. The molecule has 0 spiro atoms. The molecule has 0 aliphatic rings. The molecular weight excluding hydrogens is 328 g/mol. The summed E-state index contributed by atoms with van der Waals surface area (Å²) < 4.78 is 6.51. The zero-order valence-electron chi connectivity index (χ0n) is 15.5. The molecule has 0 atom stereocenters. The number of rotatable bonds is 2. The minimum absolute atomic E-state index is 0.956. The van der Waals surface area contributed by atoms with Gasteiger partial charge in [-0.1, -0.05) is 78.4 Å². The van der Waals surface area contributed by atoms with E-state index < -0.39 is 0 Å². The maximum absolute atomic E-state index is 6.51. The summed E-state index contributed by atoms with van der Waals surface area (Å²) in [6.07, 6.45) is 0. The van der Waals surface area contributed by atoms with Crippen LogP contribution < -0.4 is 0 Å². The Bertz CT molecular complexity index is 1260. The maximum atomic E-state index is 6.51. The summed E-state index contributed by atoms with van der Waals surface area (Å²) in [5, 5.41) is 2.35. The standard InChI is InChI=1S/C26H20O/c1-17-11-13-20(14-12-17)23-15-18(2)16-24-22-10-6-9-21(25(22)27-26(23)24)19-7-4-3-5-8-19/h3-16H,1-2H3. The minimum atomic E-state index is 0.956. The van der Waals surface area contributed by atoms with E-state index in [1.54, 1.807) is 0 Å². The molecule has 5 rings (SSSR count). The van der Waals surface area contributed by atoms with Gasteiger partial charge in [-0.15, -0.1) is 0 Å². The van der Waals surface area contributed by atoms with Gasteiger partial charge in [-0.25, -0.2) is 0 Å². The first-order valence-corrected chi connectivity index (χ1v) is 9.29. The molecule has 5 aromatic rings. The molecule has 0 aliphatic heterocycles. The van der Waals surface area contributed by atoms with E-state index in [0.29, 0.717) is 0 Å². The molecule has 1 heteroatoms. The van der Waals surface area contributed by atoms with E-state index >= 15 is 0 Å². The predicted molar refractivity (Wildman–Crippen MR) is 114 cm³/mol. The predicted octanol–water partition coefficient (Wildman–Crippen LogP) is 7.54. The van der Waals surface area contributed by atoms with Gasteiger partial charge in [0.25, 0.3) is 0 Å². The van der Waals surface area contributed by atoms with Gasteiger partial charge in [0.15, 0.2) is 0 Å². The van der Waals surface area contributed by atoms with E-state index in [2.05, 4.69) is 92.7 Å². The van der Waals surface area contributed by atoms with Crippen LogP contribution in [-0.2, 0) is 0 Å². The van der Waals surface area contributed by atoms with Gasteiger partial charge in [-0.3, -0.25) is 0 Å². The molecule has 0 N–H and O–H groups in total. The van der Waals surface area contributed by atoms with Crippen molar-refractivity contribution in [3.63, 3.8) is 0 Å². The minimum Gasteiger partial charge on any atom is -0.455 e. The fourth-order valence-corrected chi connectivity index (χ4v) is 3.84. The molecule has 4 aromatic carbocycles. The molecule has 130 valence electrons. The van der Waals surface area contributed by atoms with Gasteiger partial charge in [0, 0.05) is 21.9 Å². The lowest BCUT2D eigenvalue weighted by atomic mass is 9.98. The first-order chi connectivity index (χ1) is 13.2. The van der Waals surface area contributed by atoms with Crippen LogP contribution in [0.4, 0.5) is 0 Å². The molecule has 0 bridgehead atoms. The van der Waals surface area contributed by atoms with Gasteiger partial charge < -0.3 is 4.42 Å². The molecule has 1 nitrogen and oxygen atoms in total. The topological polar surface area (TPSA) is 13.1 Å². The van der Waals surface area contributed by atoms with Crippen molar-refractivity contribution in [3.8, 4) is 22.3 Å². The lowest BCUT2D eigenvalue weighted by Gasteiger charge is -2.05. The van der Waals surface area contributed by atoms with E-state index in [4.69, 9.17) is 4.42 Å². The largest absolute Gasteiger partial charge is 0.455 e. The Morgan fingerprint density at radius 3 is 2.00 bits per heavy atom. The van der Waals surface area contributed by atoms with Crippen LogP contribution in [0.2, 0.25) is 0 Å². The van der Waals surface area contributed by atoms with Crippen LogP contribution in [0.1, 0.15) is 11.1 Å². The number of benzene rings is 4. The number of para-hydroxylation sites is 1. The number of hydrogen-bond acceptors (Lipinski definition) is 1. The van der Waals surface area contributed by atoms with Crippen LogP contribution in [0, 0.1) is 13.8 Å². The molecule has 0 saturated carbocycles. The van der Waals surface area contributed by atoms with Crippen molar-refractivity contribution in [2.45, 2.75) is 13.8 Å². The van der Waals surface area contributed by atoms with Crippen molar-refractivity contribution in [3.05, 3.63) is 96.1 Å². The lowest BCUT2D eigenvalue weighted by molar-refractivity contribution is 0.671. The summed E-state index contributed by atoms with van der Waals surface area (Å²) in [5.41, 5.74) is 9.08. The van der Waals surface area contributed by atoms with Crippen molar-refractivity contribution in [2.24, 2.45) is 0 Å². The fraction of sp³-hybridized carbons (Fsp3) is 0.0769. The summed E-state index contributed by atoms with van der Waals surface area (Å²) in [6.45, 7) is 4.26. The molecule has 0 saturated heterocycles. The van der Waals surface area contributed by atoms with Crippen LogP contribution in [0.3, 0.4) is 0 Å². The second kappa shape index (κ2) is 6.14. The van der Waals surface area contributed by atoms with Crippen molar-refractivity contribution < 1.29 is 4.42 Å². The Morgan fingerprint density at radius 2 is 1.22 bits per heavy atom. The van der Waals surface area contributed by atoms with Crippen LogP contribution in [0.25, 0.3) is 44.2 Å². The van der Waals surface area contributed by atoms with Crippen molar-refractivity contribution >= 4 is 21.9 Å². The molecule has 27 heavy (non-hydrogen) atoms. The highest BCUT2D eigenvalue weighted by Crippen LogP contribution is 2.40. The summed E-state index contributed by atoms with van der Waals surface area (Å²) >= 11 is 0. The van der Waals surface area contributed by atoms with E-state index in [1.807, 2.05) is 6.07 Å². The quantitative estimate of drug-likeness (QED) is 0.321. The van der Waals surface area contributed by atoms with Crippen LogP contribution in [0.15, 0.2) is 89.3 Å². The molecule has 0 fully saturated rings. The van der Waals surface area contributed by atoms with Crippen LogP contribution in [-0.4, -0.2) is 0 Å². The number of furan rings is 1. The van der Waals surface area contributed by atoms with E-state index in [0.717, 1.165) is 22.3 Å². The van der Waals surface area contributed by atoms with Gasteiger partial charge in [-0.2, -0.15) is 0 Å². The van der Waals surface area contributed by atoms with Gasteiger partial charge in [0.2, 0.25) is 0 Å². The number of hydrogen-bond donors (Lipinski definition) is 0. The summed E-state index contributed by atoms with van der Waals surface area (Å²) in [6, 6.07) is 30.0. The Morgan fingerprint density at radius 1 is 0.519 bits per heavy atom. The second-order valence-corrected chi connectivity index (χ2v) is 7.21. The Hall–Kier alpha value is -3.32. The fourth-order valence-electron chi connectivity index (χ4n) is 3.84. The Labute approximate surface area is 158 Å². The highest BCUT2D eigenvalue weighted by atomic mass is 16.3.